The van der Waals surface area contributed by atoms with Crippen molar-refractivity contribution in [3.63, 3.8) is 0 Å². The molecule has 78 valence electrons. The van der Waals surface area contributed by atoms with Crippen LogP contribution in [0.1, 0.15) is 32.4 Å². The largest absolute Gasteiger partial charge is 0.310 e. The van der Waals surface area contributed by atoms with Gasteiger partial charge in [0.05, 0.1) is 0 Å². The Bertz CT molecular complexity index is 266. The van der Waals surface area contributed by atoms with Crippen molar-refractivity contribution in [1.82, 2.24) is 5.32 Å². The molecule has 0 fully saturated rings. The molecule has 0 aliphatic carbocycles. The number of halogens is 1. The zero-order chi connectivity index (χ0) is 10.6. The van der Waals surface area contributed by atoms with E-state index in [9.17, 15) is 0 Å². The number of hydrogen-bond donors (Lipinski definition) is 1. The van der Waals surface area contributed by atoms with Crippen molar-refractivity contribution in [2.24, 2.45) is 5.92 Å². The van der Waals surface area contributed by atoms with Gasteiger partial charge in [-0.2, -0.15) is 0 Å². The molecule has 0 saturated heterocycles. The van der Waals surface area contributed by atoms with E-state index in [0.717, 1.165) is 11.6 Å². The summed E-state index contributed by atoms with van der Waals surface area (Å²) in [7, 11) is 0. The first-order valence-electron chi connectivity index (χ1n) is 5.08. The molecule has 1 N–H and O–H groups in total. The quantitative estimate of drug-likeness (QED) is 0.802. The number of benzene rings is 1. The molecule has 1 atom stereocenters. The molecule has 1 rings (SSSR count). The first-order valence-corrected chi connectivity index (χ1v) is 5.46. The molecule has 2 heteroatoms. The second-order valence-electron chi connectivity index (χ2n) is 4.08. The average Bonchev–Trinajstić information content (AvgIpc) is 2.15. The predicted octanol–water partition coefficient (Wildman–Crippen LogP) is 3.65. The van der Waals surface area contributed by atoms with Crippen molar-refractivity contribution >= 4 is 11.6 Å². The Morgan fingerprint density at radius 2 is 1.71 bits per heavy atom. The van der Waals surface area contributed by atoms with Crippen LogP contribution in [-0.2, 0) is 0 Å². The van der Waals surface area contributed by atoms with E-state index in [1.807, 2.05) is 12.1 Å². The normalized spacial score (nSPS) is 13.2. The molecule has 0 amide bonds. The highest BCUT2D eigenvalue weighted by Crippen LogP contribution is 2.15. The smallest absolute Gasteiger partial charge is 0.0406 e. The molecule has 0 aliphatic heterocycles. The van der Waals surface area contributed by atoms with Crippen molar-refractivity contribution in [2.45, 2.75) is 26.8 Å². The summed E-state index contributed by atoms with van der Waals surface area (Å²) in [5.74, 6) is 0.685. The lowest BCUT2D eigenvalue weighted by atomic mass is 10.1. The highest BCUT2D eigenvalue weighted by molar-refractivity contribution is 6.30. The van der Waals surface area contributed by atoms with Gasteiger partial charge in [-0.25, -0.2) is 0 Å². The van der Waals surface area contributed by atoms with Crippen LogP contribution in [0.15, 0.2) is 24.3 Å². The summed E-state index contributed by atoms with van der Waals surface area (Å²) in [5.41, 5.74) is 1.29. The summed E-state index contributed by atoms with van der Waals surface area (Å²) < 4.78 is 0. The fraction of sp³-hybridized carbons (Fsp3) is 0.500. The first kappa shape index (κ1) is 11.5. The van der Waals surface area contributed by atoms with Crippen LogP contribution < -0.4 is 5.32 Å². The molecule has 0 aliphatic rings. The number of nitrogens with one attached hydrogen (secondary N) is 1. The van der Waals surface area contributed by atoms with Gasteiger partial charge < -0.3 is 5.32 Å². The van der Waals surface area contributed by atoms with Crippen molar-refractivity contribution in [2.75, 3.05) is 6.54 Å². The van der Waals surface area contributed by atoms with Crippen LogP contribution in [0.5, 0.6) is 0 Å². The number of rotatable bonds is 4. The van der Waals surface area contributed by atoms with Gasteiger partial charge in [0.2, 0.25) is 0 Å². The van der Waals surface area contributed by atoms with Crippen molar-refractivity contribution < 1.29 is 0 Å². The van der Waals surface area contributed by atoms with Gasteiger partial charge in [-0.1, -0.05) is 37.6 Å². The second kappa shape index (κ2) is 5.38. The lowest BCUT2D eigenvalue weighted by Gasteiger charge is -2.15. The van der Waals surface area contributed by atoms with Crippen LogP contribution in [-0.4, -0.2) is 6.54 Å². The van der Waals surface area contributed by atoms with Crippen LogP contribution >= 0.6 is 11.6 Å². The van der Waals surface area contributed by atoms with Gasteiger partial charge in [0.1, 0.15) is 0 Å². The third kappa shape index (κ3) is 3.69. The van der Waals surface area contributed by atoms with Gasteiger partial charge >= 0.3 is 0 Å². The molecule has 0 heterocycles. The SMILES string of the molecule is CC(C)CN[C@H](C)c1ccc(Cl)cc1. The van der Waals surface area contributed by atoms with E-state index < -0.39 is 0 Å². The maximum atomic E-state index is 5.82. The summed E-state index contributed by atoms with van der Waals surface area (Å²) >= 11 is 5.82. The van der Waals surface area contributed by atoms with E-state index in [0.29, 0.717) is 12.0 Å². The molecule has 14 heavy (non-hydrogen) atoms. The molecule has 0 aromatic heterocycles. The third-order valence-electron chi connectivity index (χ3n) is 2.20. The Balaban J connectivity index is 2.52. The van der Waals surface area contributed by atoms with Crippen LogP contribution in [0.2, 0.25) is 5.02 Å². The fourth-order valence-corrected chi connectivity index (χ4v) is 1.41. The van der Waals surface area contributed by atoms with Crippen LogP contribution in [0.25, 0.3) is 0 Å². The summed E-state index contributed by atoms with van der Waals surface area (Å²) in [4.78, 5) is 0. The summed E-state index contributed by atoms with van der Waals surface area (Å²) in [6.07, 6.45) is 0. The van der Waals surface area contributed by atoms with Gasteiger partial charge in [0.15, 0.2) is 0 Å². The lowest BCUT2D eigenvalue weighted by molar-refractivity contribution is 0.496. The van der Waals surface area contributed by atoms with Gasteiger partial charge in [-0.05, 0) is 37.1 Å². The molecule has 0 bridgehead atoms. The Kier molecular flexibility index (Phi) is 4.43. The lowest BCUT2D eigenvalue weighted by Crippen LogP contribution is -2.23. The minimum atomic E-state index is 0.398. The standard InChI is InChI=1S/C12H18ClN/c1-9(2)8-14-10(3)11-4-6-12(13)7-5-11/h4-7,9-10,14H,8H2,1-3H3/t10-/m1/s1. The summed E-state index contributed by atoms with van der Waals surface area (Å²) in [6, 6.07) is 8.41. The monoisotopic (exact) mass is 211 g/mol. The van der Waals surface area contributed by atoms with Gasteiger partial charge in [0, 0.05) is 11.1 Å². The number of hydrogen-bond acceptors (Lipinski definition) is 1. The molecule has 0 saturated carbocycles. The van der Waals surface area contributed by atoms with Gasteiger partial charge in [-0.15, -0.1) is 0 Å². The Morgan fingerprint density at radius 1 is 1.14 bits per heavy atom. The molecule has 1 nitrogen and oxygen atoms in total. The maximum absolute atomic E-state index is 5.82. The van der Waals surface area contributed by atoms with E-state index in [2.05, 4.69) is 38.2 Å². The second-order valence-corrected chi connectivity index (χ2v) is 4.51. The van der Waals surface area contributed by atoms with Crippen molar-refractivity contribution in [3.05, 3.63) is 34.9 Å². The van der Waals surface area contributed by atoms with Gasteiger partial charge in [0.25, 0.3) is 0 Å². The highest BCUT2D eigenvalue weighted by Gasteiger charge is 2.04. The van der Waals surface area contributed by atoms with Crippen LogP contribution in [0.4, 0.5) is 0 Å². The zero-order valence-electron chi connectivity index (χ0n) is 9.05. The maximum Gasteiger partial charge on any atom is 0.0406 e. The molecule has 0 spiro atoms. The topological polar surface area (TPSA) is 12.0 Å². The Hall–Kier alpha value is -0.530. The van der Waals surface area contributed by atoms with Gasteiger partial charge in [-0.3, -0.25) is 0 Å². The fourth-order valence-electron chi connectivity index (χ4n) is 1.28. The van der Waals surface area contributed by atoms with E-state index in [4.69, 9.17) is 11.6 Å². The van der Waals surface area contributed by atoms with E-state index in [1.54, 1.807) is 0 Å². The van der Waals surface area contributed by atoms with E-state index in [1.165, 1.54) is 5.56 Å². The molecule has 0 radical (unpaired) electrons. The van der Waals surface area contributed by atoms with E-state index >= 15 is 0 Å². The van der Waals surface area contributed by atoms with E-state index in [-0.39, 0.29) is 0 Å². The first-order chi connectivity index (χ1) is 6.59. The molecular weight excluding hydrogens is 194 g/mol. The predicted molar refractivity (Wildman–Crippen MR) is 62.7 cm³/mol. The zero-order valence-corrected chi connectivity index (χ0v) is 9.81. The molecule has 0 unspecified atom stereocenters. The van der Waals surface area contributed by atoms with Crippen molar-refractivity contribution in [3.8, 4) is 0 Å². The van der Waals surface area contributed by atoms with Crippen LogP contribution in [0.3, 0.4) is 0 Å². The average molecular weight is 212 g/mol. The molecular formula is C12H18ClN. The Morgan fingerprint density at radius 3 is 2.21 bits per heavy atom. The third-order valence-corrected chi connectivity index (χ3v) is 2.45. The molecule has 1 aromatic rings. The molecule has 1 aromatic carbocycles. The Labute approximate surface area is 91.5 Å². The summed E-state index contributed by atoms with van der Waals surface area (Å²) in [5, 5.41) is 4.27. The minimum absolute atomic E-state index is 0.398. The van der Waals surface area contributed by atoms with Crippen molar-refractivity contribution in [1.29, 1.82) is 0 Å². The minimum Gasteiger partial charge on any atom is -0.310 e. The van der Waals surface area contributed by atoms with Crippen LogP contribution in [0, 0.1) is 5.92 Å². The highest BCUT2D eigenvalue weighted by atomic mass is 35.5. The summed E-state index contributed by atoms with van der Waals surface area (Å²) in [6.45, 7) is 7.64.